The molecule has 0 saturated carbocycles. The number of nitrogens with zero attached hydrogens (tertiary/aromatic N) is 4. The molecule has 0 bridgehead atoms. The second-order valence-electron chi connectivity index (χ2n) is 6.78. The van der Waals surface area contributed by atoms with Crippen molar-refractivity contribution in [2.75, 3.05) is 94.8 Å². The molecule has 0 aromatic heterocycles. The summed E-state index contributed by atoms with van der Waals surface area (Å²) in [6, 6.07) is -0.243. The van der Waals surface area contributed by atoms with Gasteiger partial charge in [0.2, 0.25) is 0 Å². The van der Waals surface area contributed by atoms with Crippen LogP contribution in [0.5, 0.6) is 0 Å². The molecule has 0 aliphatic rings. The summed E-state index contributed by atoms with van der Waals surface area (Å²) < 4.78 is 5.57. The Bertz CT molecular complexity index is 280. The van der Waals surface area contributed by atoms with Crippen LogP contribution in [0.2, 0.25) is 0 Å². The van der Waals surface area contributed by atoms with E-state index in [1.165, 1.54) is 0 Å². The highest BCUT2D eigenvalue weighted by atomic mass is 16.5. The fraction of sp³-hybridized carbons (Fsp3) is 1.00. The third-order valence-corrected chi connectivity index (χ3v) is 3.90. The summed E-state index contributed by atoms with van der Waals surface area (Å²) >= 11 is 0. The number of aliphatic hydroxyl groups is 2. The van der Waals surface area contributed by atoms with Crippen LogP contribution >= 0.6 is 0 Å². The zero-order valence-corrected chi connectivity index (χ0v) is 15.9. The van der Waals surface area contributed by atoms with E-state index in [1.54, 1.807) is 0 Å². The number of likely N-dealkylation sites (N-methyl/N-ethyl adjacent to an activating group) is 4. The molecular weight excluding hydrogens is 296 g/mol. The highest BCUT2D eigenvalue weighted by molar-refractivity contribution is 4.79. The lowest BCUT2D eigenvalue weighted by Gasteiger charge is -2.33. The van der Waals surface area contributed by atoms with Crippen LogP contribution in [0.25, 0.3) is 0 Å². The quantitative estimate of drug-likeness (QED) is 0.383. The van der Waals surface area contributed by atoms with E-state index in [4.69, 9.17) is 4.74 Å². The molecule has 0 fully saturated rings. The standard InChI is InChI=1S/C16H38N4O3/c1-17(2)7-8-20(6)15(14-21)16(22)13-19(5)10-12-23-11-9-18(3)4/h15-16,21-22H,7-14H2,1-6H3. The maximum Gasteiger partial charge on any atom is 0.0844 e. The lowest BCUT2D eigenvalue weighted by atomic mass is 10.1. The fourth-order valence-electron chi connectivity index (χ4n) is 2.18. The normalized spacial score (nSPS) is 15.1. The first-order chi connectivity index (χ1) is 10.8. The molecule has 23 heavy (non-hydrogen) atoms. The molecule has 140 valence electrons. The first-order valence-corrected chi connectivity index (χ1v) is 8.32. The molecule has 0 amide bonds. The maximum atomic E-state index is 10.4. The van der Waals surface area contributed by atoms with Crippen LogP contribution in [0.3, 0.4) is 0 Å². The highest BCUT2D eigenvalue weighted by Crippen LogP contribution is 2.04. The topological polar surface area (TPSA) is 62.7 Å². The van der Waals surface area contributed by atoms with Gasteiger partial charge in [0.25, 0.3) is 0 Å². The van der Waals surface area contributed by atoms with Gasteiger partial charge in [0.1, 0.15) is 0 Å². The van der Waals surface area contributed by atoms with Gasteiger partial charge in [-0.2, -0.15) is 0 Å². The van der Waals surface area contributed by atoms with Gasteiger partial charge < -0.3 is 29.6 Å². The van der Waals surface area contributed by atoms with Gasteiger partial charge in [-0.15, -0.1) is 0 Å². The molecule has 0 aliphatic carbocycles. The fourth-order valence-corrected chi connectivity index (χ4v) is 2.18. The van der Waals surface area contributed by atoms with Crippen molar-refractivity contribution >= 4 is 0 Å². The average molecular weight is 335 g/mol. The van der Waals surface area contributed by atoms with Crippen molar-refractivity contribution in [2.24, 2.45) is 0 Å². The minimum atomic E-state index is -0.584. The Hall–Kier alpha value is -0.280. The van der Waals surface area contributed by atoms with E-state index >= 15 is 0 Å². The zero-order chi connectivity index (χ0) is 17.8. The summed E-state index contributed by atoms with van der Waals surface area (Å²) in [6.07, 6.45) is -0.584. The Kier molecular flexibility index (Phi) is 12.9. The molecule has 2 atom stereocenters. The summed E-state index contributed by atoms with van der Waals surface area (Å²) in [7, 11) is 12.0. The van der Waals surface area contributed by atoms with Crippen molar-refractivity contribution in [3.05, 3.63) is 0 Å². The van der Waals surface area contributed by atoms with E-state index in [0.29, 0.717) is 13.2 Å². The largest absolute Gasteiger partial charge is 0.395 e. The Morgan fingerprint density at radius 2 is 1.39 bits per heavy atom. The van der Waals surface area contributed by atoms with Crippen LogP contribution in [-0.4, -0.2) is 137 Å². The Morgan fingerprint density at radius 1 is 0.826 bits per heavy atom. The molecule has 2 unspecified atom stereocenters. The summed E-state index contributed by atoms with van der Waals surface area (Å²) in [6.45, 7) is 5.24. The van der Waals surface area contributed by atoms with E-state index in [9.17, 15) is 10.2 Å². The third-order valence-electron chi connectivity index (χ3n) is 3.90. The van der Waals surface area contributed by atoms with Crippen molar-refractivity contribution in [1.82, 2.24) is 19.6 Å². The van der Waals surface area contributed by atoms with Crippen LogP contribution in [0.4, 0.5) is 0 Å². The average Bonchev–Trinajstić information content (AvgIpc) is 2.45. The van der Waals surface area contributed by atoms with Crippen molar-refractivity contribution in [3.63, 3.8) is 0 Å². The summed E-state index contributed by atoms with van der Waals surface area (Å²) in [5.74, 6) is 0. The number of rotatable bonds is 14. The van der Waals surface area contributed by atoms with E-state index in [-0.39, 0.29) is 12.6 Å². The van der Waals surface area contributed by atoms with Gasteiger partial charge in [0.05, 0.1) is 32.0 Å². The van der Waals surface area contributed by atoms with E-state index in [2.05, 4.69) is 9.80 Å². The number of ether oxygens (including phenoxy) is 1. The minimum absolute atomic E-state index is 0.0434. The molecular formula is C16H38N4O3. The molecule has 0 aliphatic heterocycles. The smallest absolute Gasteiger partial charge is 0.0844 e. The number of aliphatic hydroxyl groups excluding tert-OH is 2. The SMILES string of the molecule is CN(C)CCOCCN(C)CC(O)C(CO)N(C)CCN(C)C. The van der Waals surface area contributed by atoms with Gasteiger partial charge in [0, 0.05) is 32.7 Å². The summed E-state index contributed by atoms with van der Waals surface area (Å²) in [4.78, 5) is 8.24. The van der Waals surface area contributed by atoms with Gasteiger partial charge >= 0.3 is 0 Å². The van der Waals surface area contributed by atoms with Gasteiger partial charge in [-0.3, -0.25) is 4.90 Å². The Balaban J connectivity index is 4.03. The highest BCUT2D eigenvalue weighted by Gasteiger charge is 2.23. The predicted octanol–water partition coefficient (Wildman–Crippen LogP) is -1.29. The molecule has 2 N–H and O–H groups in total. The van der Waals surface area contributed by atoms with Crippen LogP contribution in [0.15, 0.2) is 0 Å². The van der Waals surface area contributed by atoms with Crippen LogP contribution < -0.4 is 0 Å². The van der Waals surface area contributed by atoms with Crippen molar-refractivity contribution < 1.29 is 14.9 Å². The Labute approximate surface area is 142 Å². The van der Waals surface area contributed by atoms with Gasteiger partial charge in [-0.1, -0.05) is 0 Å². The predicted molar refractivity (Wildman–Crippen MR) is 94.9 cm³/mol. The number of hydrogen-bond donors (Lipinski definition) is 2. The molecule has 0 saturated heterocycles. The lowest BCUT2D eigenvalue weighted by molar-refractivity contribution is 0.00488. The van der Waals surface area contributed by atoms with Crippen molar-refractivity contribution in [1.29, 1.82) is 0 Å². The molecule has 0 spiro atoms. The molecule has 7 nitrogen and oxygen atoms in total. The maximum absolute atomic E-state index is 10.4. The summed E-state index contributed by atoms with van der Waals surface area (Å²) in [5, 5.41) is 20.0. The Morgan fingerprint density at radius 3 is 1.91 bits per heavy atom. The van der Waals surface area contributed by atoms with E-state index < -0.39 is 6.10 Å². The number of hydrogen-bond acceptors (Lipinski definition) is 7. The van der Waals surface area contributed by atoms with Crippen molar-refractivity contribution in [2.45, 2.75) is 12.1 Å². The van der Waals surface area contributed by atoms with Crippen LogP contribution in [0.1, 0.15) is 0 Å². The minimum Gasteiger partial charge on any atom is -0.395 e. The monoisotopic (exact) mass is 334 g/mol. The van der Waals surface area contributed by atoms with Gasteiger partial charge in [-0.05, 0) is 42.3 Å². The third kappa shape index (κ3) is 11.8. The second kappa shape index (κ2) is 13.1. The van der Waals surface area contributed by atoms with Gasteiger partial charge in [0.15, 0.2) is 0 Å². The zero-order valence-electron chi connectivity index (χ0n) is 15.9. The first kappa shape index (κ1) is 22.7. The second-order valence-corrected chi connectivity index (χ2v) is 6.78. The van der Waals surface area contributed by atoms with Crippen LogP contribution in [-0.2, 0) is 4.74 Å². The molecule has 0 aromatic rings. The molecule has 7 heteroatoms. The first-order valence-electron chi connectivity index (χ1n) is 8.32. The molecule has 0 heterocycles. The van der Waals surface area contributed by atoms with Crippen molar-refractivity contribution in [3.8, 4) is 0 Å². The molecule has 0 radical (unpaired) electrons. The van der Waals surface area contributed by atoms with Gasteiger partial charge in [-0.25, -0.2) is 0 Å². The van der Waals surface area contributed by atoms with Crippen LogP contribution in [0, 0.1) is 0 Å². The van der Waals surface area contributed by atoms with E-state index in [1.807, 2.05) is 52.1 Å². The molecule has 0 rings (SSSR count). The summed E-state index contributed by atoms with van der Waals surface area (Å²) in [5.41, 5.74) is 0. The lowest BCUT2D eigenvalue weighted by Crippen LogP contribution is -2.50. The molecule has 0 aromatic carbocycles. The van der Waals surface area contributed by atoms with E-state index in [0.717, 1.165) is 32.8 Å².